The van der Waals surface area contributed by atoms with Gasteiger partial charge in [-0.1, -0.05) is 18.2 Å². The van der Waals surface area contributed by atoms with Crippen LogP contribution in [-0.2, 0) is 0 Å². The maximum absolute atomic E-state index is 13.6. The summed E-state index contributed by atoms with van der Waals surface area (Å²) in [5.74, 6) is -0.272. The van der Waals surface area contributed by atoms with Crippen molar-refractivity contribution in [2.24, 2.45) is 5.73 Å². The summed E-state index contributed by atoms with van der Waals surface area (Å²) in [5, 5.41) is 0. The average Bonchev–Trinajstić information content (AvgIpc) is 2.29. The number of pyridine rings is 1. The Hall–Kier alpha value is -1.74. The molecule has 0 saturated heterocycles. The van der Waals surface area contributed by atoms with Crippen LogP contribution in [0.2, 0.25) is 0 Å². The van der Waals surface area contributed by atoms with E-state index >= 15 is 0 Å². The van der Waals surface area contributed by atoms with Gasteiger partial charge in [-0.3, -0.25) is 4.98 Å². The van der Waals surface area contributed by atoms with Crippen molar-refractivity contribution in [2.45, 2.75) is 13.0 Å². The van der Waals surface area contributed by atoms with E-state index in [4.69, 9.17) is 5.73 Å². The average molecular weight is 216 g/mol. The lowest BCUT2D eigenvalue weighted by atomic mass is 9.97. The lowest BCUT2D eigenvalue weighted by Crippen LogP contribution is -2.14. The van der Waals surface area contributed by atoms with Crippen molar-refractivity contribution in [1.29, 1.82) is 0 Å². The van der Waals surface area contributed by atoms with Crippen molar-refractivity contribution in [3.63, 3.8) is 0 Å². The Bertz CT molecular complexity index is 451. The molecule has 16 heavy (non-hydrogen) atoms. The number of hydrogen-bond acceptors (Lipinski definition) is 2. The molecule has 0 bridgehead atoms. The Balaban J connectivity index is 2.44. The number of benzene rings is 1. The first kappa shape index (κ1) is 10.8. The van der Waals surface area contributed by atoms with Crippen LogP contribution in [-0.4, -0.2) is 4.98 Å². The van der Waals surface area contributed by atoms with Crippen molar-refractivity contribution < 1.29 is 4.39 Å². The van der Waals surface area contributed by atoms with Gasteiger partial charge in [-0.15, -0.1) is 0 Å². The normalized spacial score (nSPS) is 12.4. The van der Waals surface area contributed by atoms with Gasteiger partial charge in [-0.25, -0.2) is 4.39 Å². The highest BCUT2D eigenvalue weighted by atomic mass is 19.1. The molecule has 2 nitrogen and oxygen atoms in total. The van der Waals surface area contributed by atoms with Gasteiger partial charge in [0.15, 0.2) is 0 Å². The second kappa shape index (κ2) is 4.41. The van der Waals surface area contributed by atoms with Crippen LogP contribution in [0.25, 0.3) is 0 Å². The monoisotopic (exact) mass is 216 g/mol. The molecule has 1 heterocycles. The molecule has 1 aromatic heterocycles. The van der Waals surface area contributed by atoms with E-state index in [1.165, 1.54) is 6.07 Å². The van der Waals surface area contributed by atoms with Crippen molar-refractivity contribution in [1.82, 2.24) is 4.98 Å². The number of halogens is 1. The number of nitrogens with two attached hydrogens (primary N) is 1. The number of hydrogen-bond donors (Lipinski definition) is 1. The largest absolute Gasteiger partial charge is 0.320 e. The first-order valence-electron chi connectivity index (χ1n) is 5.10. The molecule has 0 aliphatic carbocycles. The van der Waals surface area contributed by atoms with Crippen LogP contribution < -0.4 is 5.73 Å². The third kappa shape index (κ3) is 1.95. The van der Waals surface area contributed by atoms with Gasteiger partial charge >= 0.3 is 0 Å². The molecule has 1 aromatic carbocycles. The van der Waals surface area contributed by atoms with Crippen molar-refractivity contribution in [2.75, 3.05) is 0 Å². The molecule has 0 aliphatic rings. The molecule has 2 rings (SSSR count). The predicted molar refractivity (Wildman–Crippen MR) is 61.4 cm³/mol. The molecule has 2 aromatic rings. The minimum atomic E-state index is -0.441. The molecule has 1 atom stereocenters. The molecular formula is C13H13FN2. The number of rotatable bonds is 2. The fourth-order valence-electron chi connectivity index (χ4n) is 1.73. The second-order valence-electron chi connectivity index (χ2n) is 3.73. The molecule has 1 unspecified atom stereocenters. The summed E-state index contributed by atoms with van der Waals surface area (Å²) in [6.07, 6.45) is 3.40. The minimum Gasteiger partial charge on any atom is -0.320 e. The van der Waals surface area contributed by atoms with Crippen LogP contribution in [0.1, 0.15) is 22.7 Å². The van der Waals surface area contributed by atoms with E-state index in [0.29, 0.717) is 5.56 Å². The molecular weight excluding hydrogens is 203 g/mol. The highest BCUT2D eigenvalue weighted by Gasteiger charge is 2.14. The minimum absolute atomic E-state index is 0.272. The molecule has 0 radical (unpaired) electrons. The Labute approximate surface area is 93.9 Å². The third-order valence-electron chi connectivity index (χ3n) is 2.64. The van der Waals surface area contributed by atoms with E-state index in [9.17, 15) is 4.39 Å². The van der Waals surface area contributed by atoms with Gasteiger partial charge in [0.1, 0.15) is 5.82 Å². The zero-order valence-corrected chi connectivity index (χ0v) is 9.02. The number of aromatic nitrogens is 1. The fraction of sp³-hybridized carbons (Fsp3) is 0.154. The van der Waals surface area contributed by atoms with Gasteiger partial charge in [0.05, 0.1) is 6.04 Å². The number of aryl methyl sites for hydroxylation is 1. The lowest BCUT2D eigenvalue weighted by molar-refractivity contribution is 0.599. The van der Waals surface area contributed by atoms with E-state index in [-0.39, 0.29) is 5.82 Å². The molecule has 2 N–H and O–H groups in total. The maximum atomic E-state index is 13.6. The van der Waals surface area contributed by atoms with Crippen LogP contribution in [0.15, 0.2) is 42.7 Å². The zero-order chi connectivity index (χ0) is 11.5. The third-order valence-corrected chi connectivity index (χ3v) is 2.64. The van der Waals surface area contributed by atoms with Crippen LogP contribution in [0, 0.1) is 12.7 Å². The van der Waals surface area contributed by atoms with Crippen LogP contribution in [0.4, 0.5) is 4.39 Å². The van der Waals surface area contributed by atoms with E-state index in [1.54, 1.807) is 30.6 Å². The van der Waals surface area contributed by atoms with Crippen molar-refractivity contribution in [3.8, 4) is 0 Å². The Morgan fingerprint density at radius 3 is 2.62 bits per heavy atom. The summed E-state index contributed by atoms with van der Waals surface area (Å²) in [6.45, 7) is 1.92. The molecule has 0 fully saturated rings. The Morgan fingerprint density at radius 1 is 1.19 bits per heavy atom. The molecule has 0 spiro atoms. The summed E-state index contributed by atoms with van der Waals surface area (Å²) in [5.41, 5.74) is 8.43. The van der Waals surface area contributed by atoms with Gasteiger partial charge in [0, 0.05) is 18.0 Å². The summed E-state index contributed by atoms with van der Waals surface area (Å²) in [4.78, 5) is 3.99. The van der Waals surface area contributed by atoms with Gasteiger partial charge in [-0.2, -0.15) is 0 Å². The van der Waals surface area contributed by atoms with Gasteiger partial charge in [0.25, 0.3) is 0 Å². The SMILES string of the molecule is Cc1cnccc1C(N)c1ccccc1F. The summed E-state index contributed by atoms with van der Waals surface area (Å²) in [7, 11) is 0. The molecule has 0 aliphatic heterocycles. The maximum Gasteiger partial charge on any atom is 0.128 e. The van der Waals surface area contributed by atoms with Crippen LogP contribution in [0.3, 0.4) is 0 Å². The van der Waals surface area contributed by atoms with Gasteiger partial charge < -0.3 is 5.73 Å². The lowest BCUT2D eigenvalue weighted by Gasteiger charge is -2.15. The number of nitrogens with zero attached hydrogens (tertiary/aromatic N) is 1. The smallest absolute Gasteiger partial charge is 0.128 e. The predicted octanol–water partition coefficient (Wildman–Crippen LogP) is 2.58. The fourth-order valence-corrected chi connectivity index (χ4v) is 1.73. The molecule has 3 heteroatoms. The van der Waals surface area contributed by atoms with Gasteiger partial charge in [-0.05, 0) is 30.2 Å². The van der Waals surface area contributed by atoms with Crippen molar-refractivity contribution >= 4 is 0 Å². The molecule has 82 valence electrons. The highest BCUT2D eigenvalue weighted by molar-refractivity contribution is 5.35. The van der Waals surface area contributed by atoms with Gasteiger partial charge in [0.2, 0.25) is 0 Å². The van der Waals surface area contributed by atoms with E-state index in [0.717, 1.165) is 11.1 Å². The summed E-state index contributed by atoms with van der Waals surface area (Å²) < 4.78 is 13.6. The summed E-state index contributed by atoms with van der Waals surface area (Å²) in [6, 6.07) is 7.96. The first-order chi connectivity index (χ1) is 7.70. The zero-order valence-electron chi connectivity index (χ0n) is 9.02. The standard InChI is InChI=1S/C13H13FN2/c1-9-8-16-7-6-10(9)13(15)11-4-2-3-5-12(11)14/h2-8,13H,15H2,1H3. The van der Waals surface area contributed by atoms with E-state index in [2.05, 4.69) is 4.98 Å². The van der Waals surface area contributed by atoms with E-state index in [1.807, 2.05) is 13.0 Å². The highest BCUT2D eigenvalue weighted by Crippen LogP contribution is 2.23. The molecule has 0 amide bonds. The van der Waals surface area contributed by atoms with E-state index < -0.39 is 6.04 Å². The Kier molecular flexibility index (Phi) is 2.97. The van der Waals surface area contributed by atoms with Crippen LogP contribution in [0.5, 0.6) is 0 Å². The quantitative estimate of drug-likeness (QED) is 0.838. The first-order valence-corrected chi connectivity index (χ1v) is 5.10. The van der Waals surface area contributed by atoms with Crippen LogP contribution >= 0.6 is 0 Å². The molecule has 0 saturated carbocycles. The topological polar surface area (TPSA) is 38.9 Å². The van der Waals surface area contributed by atoms with Crippen molar-refractivity contribution in [3.05, 3.63) is 65.2 Å². The Morgan fingerprint density at radius 2 is 1.94 bits per heavy atom. The summed E-state index contributed by atoms with van der Waals surface area (Å²) >= 11 is 0. The second-order valence-corrected chi connectivity index (χ2v) is 3.73.